The van der Waals surface area contributed by atoms with Gasteiger partial charge in [0.2, 0.25) is 0 Å². The van der Waals surface area contributed by atoms with E-state index in [1.54, 1.807) is 30.6 Å². The molecule has 1 amide bonds. The molecule has 11 heteroatoms. The van der Waals surface area contributed by atoms with Gasteiger partial charge in [-0.15, -0.1) is 0 Å². The highest BCUT2D eigenvalue weighted by Gasteiger charge is 2.13. The smallest absolute Gasteiger partial charge is 0.272 e. The molecule has 3 aromatic heterocycles. The number of hydrogen-bond acceptors (Lipinski definition) is 7. The largest absolute Gasteiger partial charge is 0.346 e. The summed E-state index contributed by atoms with van der Waals surface area (Å²) >= 11 is 0. The first-order chi connectivity index (χ1) is 14.1. The molecule has 1 N–H and O–H groups in total. The Labute approximate surface area is 163 Å². The molecule has 0 radical (unpaired) electrons. The van der Waals surface area contributed by atoms with Gasteiger partial charge in [-0.1, -0.05) is 12.1 Å². The summed E-state index contributed by atoms with van der Waals surface area (Å²) in [6.07, 6.45) is 6.12. The number of nitro benzene ring substituents is 1. The van der Waals surface area contributed by atoms with E-state index in [1.807, 2.05) is 6.07 Å². The maximum Gasteiger partial charge on any atom is 0.272 e. The summed E-state index contributed by atoms with van der Waals surface area (Å²) in [5.74, 6) is 0.176. The van der Waals surface area contributed by atoms with Gasteiger partial charge in [-0.25, -0.2) is 19.3 Å². The van der Waals surface area contributed by atoms with Gasteiger partial charge in [-0.3, -0.25) is 14.9 Å². The van der Waals surface area contributed by atoms with Crippen LogP contribution in [-0.4, -0.2) is 40.4 Å². The summed E-state index contributed by atoms with van der Waals surface area (Å²) in [4.78, 5) is 31.1. The first-order valence-corrected chi connectivity index (χ1v) is 8.49. The van der Waals surface area contributed by atoms with Gasteiger partial charge < -0.3 is 5.32 Å². The Kier molecular flexibility index (Phi) is 4.76. The molecule has 0 aliphatic carbocycles. The Morgan fingerprint density at radius 3 is 2.86 bits per heavy atom. The summed E-state index contributed by atoms with van der Waals surface area (Å²) in [6.45, 7) is 0.214. The molecule has 0 bridgehead atoms. The van der Waals surface area contributed by atoms with Crippen LogP contribution in [0.5, 0.6) is 0 Å². The molecule has 29 heavy (non-hydrogen) atoms. The topological polar surface area (TPSA) is 134 Å². The van der Waals surface area contributed by atoms with Crippen LogP contribution in [0.4, 0.5) is 5.69 Å². The van der Waals surface area contributed by atoms with Crippen molar-refractivity contribution in [2.24, 2.45) is 0 Å². The van der Waals surface area contributed by atoms with Crippen LogP contribution in [0.1, 0.15) is 16.1 Å². The lowest BCUT2D eigenvalue weighted by molar-refractivity contribution is -0.384. The summed E-state index contributed by atoms with van der Waals surface area (Å²) in [6, 6.07) is 11.1. The molecule has 11 nitrogen and oxygen atoms in total. The highest BCUT2D eigenvalue weighted by Crippen LogP contribution is 2.16. The van der Waals surface area contributed by atoms with E-state index >= 15 is 0 Å². The quantitative estimate of drug-likeness (QED) is 0.391. The number of nitro groups is 1. The van der Waals surface area contributed by atoms with Crippen LogP contribution in [0.3, 0.4) is 0 Å². The number of nitrogens with one attached hydrogen (secondary N) is 1. The number of benzene rings is 1. The van der Waals surface area contributed by atoms with Crippen LogP contribution in [0.2, 0.25) is 0 Å². The van der Waals surface area contributed by atoms with Crippen molar-refractivity contribution in [3.8, 4) is 11.5 Å². The van der Waals surface area contributed by atoms with Gasteiger partial charge in [-0.05, 0) is 18.2 Å². The second kappa shape index (κ2) is 7.68. The molecule has 0 aliphatic rings. The first kappa shape index (κ1) is 18.0. The first-order valence-electron chi connectivity index (χ1n) is 8.49. The van der Waals surface area contributed by atoms with Gasteiger partial charge in [0.25, 0.3) is 11.6 Å². The zero-order valence-corrected chi connectivity index (χ0v) is 14.9. The Hall–Kier alpha value is -4.41. The minimum absolute atomic E-state index is 0.0544. The third-order valence-corrected chi connectivity index (χ3v) is 4.07. The summed E-state index contributed by atoms with van der Waals surface area (Å²) in [5, 5.41) is 22.0. The van der Waals surface area contributed by atoms with Crippen LogP contribution < -0.4 is 5.32 Å². The number of hydrogen-bond donors (Lipinski definition) is 1. The predicted molar refractivity (Wildman–Crippen MR) is 101 cm³/mol. The van der Waals surface area contributed by atoms with Gasteiger partial charge >= 0.3 is 0 Å². The van der Waals surface area contributed by atoms with Crippen molar-refractivity contribution >= 4 is 11.6 Å². The van der Waals surface area contributed by atoms with Crippen LogP contribution in [0, 0.1) is 10.1 Å². The molecule has 0 fully saturated rings. The molecule has 0 aliphatic heterocycles. The van der Waals surface area contributed by atoms with E-state index in [2.05, 4.69) is 25.5 Å². The molecule has 0 atom stereocenters. The average molecular weight is 390 g/mol. The monoisotopic (exact) mass is 390 g/mol. The molecule has 144 valence electrons. The van der Waals surface area contributed by atoms with E-state index < -0.39 is 4.92 Å². The van der Waals surface area contributed by atoms with E-state index in [1.165, 1.54) is 40.2 Å². The van der Waals surface area contributed by atoms with Gasteiger partial charge in [-0.2, -0.15) is 10.2 Å². The SMILES string of the molecule is O=C(NCc1cccnc1-n1cncn1)c1ccn(-c2cccc([N+](=O)[O-])c2)n1. The number of rotatable bonds is 6. The second-order valence-electron chi connectivity index (χ2n) is 5.93. The van der Waals surface area contributed by atoms with Crippen molar-refractivity contribution in [3.05, 3.63) is 88.9 Å². The Morgan fingerprint density at radius 2 is 2.07 bits per heavy atom. The number of non-ortho nitro benzene ring substituents is 1. The number of nitrogens with zero attached hydrogens (tertiary/aromatic N) is 7. The number of amides is 1. The Balaban J connectivity index is 1.49. The molecule has 4 aromatic rings. The maximum atomic E-state index is 12.5. The lowest BCUT2D eigenvalue weighted by atomic mass is 10.2. The molecular weight excluding hydrogens is 376 g/mol. The van der Waals surface area contributed by atoms with Crippen LogP contribution >= 0.6 is 0 Å². The zero-order chi connectivity index (χ0) is 20.2. The van der Waals surface area contributed by atoms with Gasteiger partial charge in [0, 0.05) is 36.6 Å². The Bertz CT molecular complexity index is 1170. The molecule has 1 aromatic carbocycles. The van der Waals surface area contributed by atoms with Gasteiger partial charge in [0.05, 0.1) is 10.6 Å². The molecule has 3 heterocycles. The third kappa shape index (κ3) is 3.83. The van der Waals surface area contributed by atoms with E-state index in [0.717, 1.165) is 5.56 Å². The summed E-state index contributed by atoms with van der Waals surface area (Å²) in [7, 11) is 0. The lowest BCUT2D eigenvalue weighted by Crippen LogP contribution is -2.24. The zero-order valence-electron chi connectivity index (χ0n) is 14.9. The van der Waals surface area contributed by atoms with Crippen LogP contribution in [-0.2, 0) is 6.54 Å². The minimum Gasteiger partial charge on any atom is -0.346 e. The highest BCUT2D eigenvalue weighted by molar-refractivity contribution is 5.92. The number of carbonyl (C=O) groups is 1. The fourth-order valence-electron chi connectivity index (χ4n) is 2.70. The van der Waals surface area contributed by atoms with E-state index in [9.17, 15) is 14.9 Å². The predicted octanol–water partition coefficient (Wildman–Crippen LogP) is 1.69. The van der Waals surface area contributed by atoms with Crippen molar-refractivity contribution in [3.63, 3.8) is 0 Å². The number of aromatic nitrogens is 6. The highest BCUT2D eigenvalue weighted by atomic mass is 16.6. The molecule has 0 unspecified atom stereocenters. The molecule has 0 saturated heterocycles. The Morgan fingerprint density at radius 1 is 1.17 bits per heavy atom. The molecule has 0 saturated carbocycles. The summed E-state index contributed by atoms with van der Waals surface area (Å²) in [5.41, 5.74) is 1.37. The van der Waals surface area contributed by atoms with Gasteiger partial charge in [0.1, 0.15) is 12.7 Å². The van der Waals surface area contributed by atoms with Crippen molar-refractivity contribution < 1.29 is 9.72 Å². The van der Waals surface area contributed by atoms with Crippen molar-refractivity contribution in [1.82, 2.24) is 34.8 Å². The maximum absolute atomic E-state index is 12.5. The number of carbonyl (C=O) groups excluding carboxylic acids is 1. The standard InChI is InChI=1S/C18H14N8O3/c27-18(21-10-13-3-2-7-20-17(13)25-12-19-11-22-25)16-6-8-24(23-16)14-4-1-5-15(9-14)26(28)29/h1-9,11-12H,10H2,(H,21,27). The third-order valence-electron chi connectivity index (χ3n) is 4.07. The summed E-state index contributed by atoms with van der Waals surface area (Å²) < 4.78 is 2.92. The van der Waals surface area contributed by atoms with Gasteiger partial charge in [0.15, 0.2) is 11.5 Å². The van der Waals surface area contributed by atoms with Crippen molar-refractivity contribution in [1.29, 1.82) is 0 Å². The van der Waals surface area contributed by atoms with E-state index in [0.29, 0.717) is 11.5 Å². The molecule has 4 rings (SSSR count). The molecular formula is C18H14N8O3. The van der Waals surface area contributed by atoms with Crippen molar-refractivity contribution in [2.45, 2.75) is 6.54 Å². The van der Waals surface area contributed by atoms with Crippen molar-refractivity contribution in [2.75, 3.05) is 0 Å². The minimum atomic E-state index is -0.485. The van der Waals surface area contributed by atoms with Crippen LogP contribution in [0.15, 0.2) is 67.5 Å². The molecule has 0 spiro atoms. The normalized spacial score (nSPS) is 10.6. The van der Waals surface area contributed by atoms with E-state index in [-0.39, 0.29) is 23.8 Å². The number of pyridine rings is 1. The fraction of sp³-hybridized carbons (Fsp3) is 0.0556. The van der Waals surface area contributed by atoms with Crippen LogP contribution in [0.25, 0.3) is 11.5 Å². The fourth-order valence-corrected chi connectivity index (χ4v) is 2.70. The van der Waals surface area contributed by atoms with E-state index in [4.69, 9.17) is 0 Å². The average Bonchev–Trinajstić information content (AvgIpc) is 3.44. The lowest BCUT2D eigenvalue weighted by Gasteiger charge is -2.08. The second-order valence-corrected chi connectivity index (χ2v) is 5.93.